The molecule has 0 atom stereocenters. The van der Waals surface area contributed by atoms with Crippen molar-refractivity contribution in [1.82, 2.24) is 0 Å². The van der Waals surface area contributed by atoms with E-state index in [1.165, 1.54) is 33.0 Å². The van der Waals surface area contributed by atoms with Crippen LogP contribution in [0, 0.1) is 0 Å². The molecule has 8 aromatic rings. The molecule has 8 rings (SSSR count). The van der Waals surface area contributed by atoms with Crippen LogP contribution in [0.25, 0.3) is 76.9 Å². The Morgan fingerprint density at radius 2 is 0.955 bits per heavy atom. The van der Waals surface area contributed by atoms with Crippen molar-refractivity contribution in [2.75, 3.05) is 0 Å². The van der Waals surface area contributed by atoms with Gasteiger partial charge in [-0.3, -0.25) is 0 Å². The maximum absolute atomic E-state index is 6.62. The summed E-state index contributed by atoms with van der Waals surface area (Å²) < 4.78 is 13.2. The third-order valence-corrected chi connectivity index (χ3v) is 9.18. The van der Waals surface area contributed by atoms with Crippen molar-refractivity contribution in [3.63, 3.8) is 0 Å². The Balaban J connectivity index is 1.54. The lowest BCUT2D eigenvalue weighted by molar-refractivity contribution is 0.590. The maximum atomic E-state index is 6.62. The number of para-hydroxylation sites is 4. The van der Waals surface area contributed by atoms with E-state index in [9.17, 15) is 0 Å². The van der Waals surface area contributed by atoms with E-state index in [1.807, 2.05) is 12.1 Å². The van der Waals surface area contributed by atoms with Gasteiger partial charge < -0.3 is 8.83 Å². The summed E-state index contributed by atoms with van der Waals surface area (Å²) in [4.78, 5) is 0. The summed E-state index contributed by atoms with van der Waals surface area (Å²) >= 11 is 0. The highest BCUT2D eigenvalue weighted by atomic mass is 16.3. The first kappa shape index (κ1) is 26.8. The fourth-order valence-corrected chi connectivity index (χ4v) is 6.90. The SMILES string of the molecule is CC(C)(C)c1ccc2c(-c3cccc4c3oc3ccccc34)c(C(C)(C)C)cc(-c3cccc4c3oc3ccccc34)c2c1. The first-order valence-electron chi connectivity index (χ1n) is 15.5. The van der Waals surface area contributed by atoms with Gasteiger partial charge in [0, 0.05) is 32.7 Å². The first-order valence-corrected chi connectivity index (χ1v) is 15.5. The minimum Gasteiger partial charge on any atom is -0.455 e. The van der Waals surface area contributed by atoms with Crippen LogP contribution in [0.1, 0.15) is 52.7 Å². The highest BCUT2D eigenvalue weighted by molar-refractivity contribution is 6.17. The molecule has 44 heavy (non-hydrogen) atoms. The summed E-state index contributed by atoms with van der Waals surface area (Å²) in [5.41, 5.74) is 10.8. The summed E-state index contributed by atoms with van der Waals surface area (Å²) in [6.45, 7) is 13.8. The predicted octanol–water partition coefficient (Wildman–Crippen LogP) is 12.6. The van der Waals surface area contributed by atoms with Crippen molar-refractivity contribution in [3.8, 4) is 22.3 Å². The van der Waals surface area contributed by atoms with Gasteiger partial charge >= 0.3 is 0 Å². The zero-order valence-corrected chi connectivity index (χ0v) is 26.2. The van der Waals surface area contributed by atoms with Gasteiger partial charge in [-0.25, -0.2) is 0 Å². The highest BCUT2D eigenvalue weighted by Crippen LogP contribution is 2.48. The normalized spacial score (nSPS) is 12.8. The summed E-state index contributed by atoms with van der Waals surface area (Å²) in [7, 11) is 0. The third kappa shape index (κ3) is 4.01. The minimum atomic E-state index is -0.142. The second-order valence-electron chi connectivity index (χ2n) is 14.2. The van der Waals surface area contributed by atoms with E-state index >= 15 is 0 Å². The maximum Gasteiger partial charge on any atom is 0.143 e. The molecule has 2 heteroatoms. The molecule has 0 N–H and O–H groups in total. The summed E-state index contributed by atoms with van der Waals surface area (Å²) in [5, 5.41) is 7.03. The van der Waals surface area contributed by atoms with Gasteiger partial charge in [0.15, 0.2) is 0 Å². The summed E-state index contributed by atoms with van der Waals surface area (Å²) in [6, 6.07) is 39.3. The molecule has 2 heterocycles. The van der Waals surface area contributed by atoms with Crippen LogP contribution in [-0.2, 0) is 10.8 Å². The molecule has 0 fully saturated rings. The Hall–Kier alpha value is -4.82. The molecule has 0 bridgehead atoms. The number of hydrogen-bond donors (Lipinski definition) is 0. The smallest absolute Gasteiger partial charge is 0.143 e. The van der Waals surface area contributed by atoms with Crippen molar-refractivity contribution >= 4 is 54.6 Å². The average molecular weight is 573 g/mol. The monoisotopic (exact) mass is 572 g/mol. The minimum absolute atomic E-state index is 0.00155. The van der Waals surface area contributed by atoms with Crippen LogP contribution in [-0.4, -0.2) is 0 Å². The molecular formula is C42H36O2. The highest BCUT2D eigenvalue weighted by Gasteiger charge is 2.27. The van der Waals surface area contributed by atoms with E-state index in [1.54, 1.807) is 0 Å². The third-order valence-electron chi connectivity index (χ3n) is 9.18. The number of rotatable bonds is 2. The summed E-state index contributed by atoms with van der Waals surface area (Å²) in [5.74, 6) is 0. The molecule has 0 radical (unpaired) electrons. The Labute approximate surface area is 257 Å². The predicted molar refractivity (Wildman–Crippen MR) is 187 cm³/mol. The van der Waals surface area contributed by atoms with Gasteiger partial charge in [-0.05, 0) is 68.1 Å². The van der Waals surface area contributed by atoms with E-state index in [4.69, 9.17) is 8.83 Å². The largest absolute Gasteiger partial charge is 0.455 e. The fourth-order valence-electron chi connectivity index (χ4n) is 6.90. The number of furan rings is 2. The van der Waals surface area contributed by atoms with Crippen LogP contribution in [0.5, 0.6) is 0 Å². The van der Waals surface area contributed by atoms with Gasteiger partial charge in [-0.1, -0.05) is 126 Å². The lowest BCUT2D eigenvalue weighted by Crippen LogP contribution is -2.14. The molecule has 0 saturated heterocycles. The van der Waals surface area contributed by atoms with Gasteiger partial charge in [-0.15, -0.1) is 0 Å². The van der Waals surface area contributed by atoms with Gasteiger partial charge in [0.1, 0.15) is 22.3 Å². The van der Waals surface area contributed by atoms with E-state index < -0.39 is 0 Å². The standard InChI is InChI=1S/C42H36O2/c1-41(2,3)25-21-22-28-33(23-25)34(31-17-11-15-29-26-13-7-9-19-36(26)43-39(29)31)24-35(42(4,5)6)38(28)32-18-12-16-30-27-14-8-10-20-37(27)44-40(30)32/h7-24H,1-6H3. The van der Waals surface area contributed by atoms with Crippen LogP contribution in [0.4, 0.5) is 0 Å². The zero-order valence-electron chi connectivity index (χ0n) is 26.2. The van der Waals surface area contributed by atoms with Crippen molar-refractivity contribution in [2.45, 2.75) is 52.4 Å². The van der Waals surface area contributed by atoms with E-state index in [-0.39, 0.29) is 10.8 Å². The molecule has 0 saturated carbocycles. The van der Waals surface area contributed by atoms with Crippen LogP contribution in [0.3, 0.4) is 0 Å². The second kappa shape index (κ2) is 9.34. The van der Waals surface area contributed by atoms with Crippen LogP contribution in [0.2, 0.25) is 0 Å². The Morgan fingerprint density at radius 1 is 0.409 bits per heavy atom. The van der Waals surface area contributed by atoms with Gasteiger partial charge in [0.05, 0.1) is 0 Å². The molecule has 0 aliphatic heterocycles. The Bertz CT molecular complexity index is 2400. The quantitative estimate of drug-likeness (QED) is 0.206. The average Bonchev–Trinajstić information content (AvgIpc) is 3.58. The van der Waals surface area contributed by atoms with Gasteiger partial charge in [0.25, 0.3) is 0 Å². The summed E-state index contributed by atoms with van der Waals surface area (Å²) in [6.07, 6.45) is 0. The van der Waals surface area contributed by atoms with Crippen molar-refractivity contribution in [2.24, 2.45) is 0 Å². The molecule has 0 spiro atoms. The lowest BCUT2D eigenvalue weighted by atomic mass is 9.76. The molecule has 0 unspecified atom stereocenters. The van der Waals surface area contributed by atoms with Crippen LogP contribution < -0.4 is 0 Å². The molecule has 216 valence electrons. The number of benzene rings is 6. The van der Waals surface area contributed by atoms with Crippen molar-refractivity contribution < 1.29 is 8.83 Å². The molecular weight excluding hydrogens is 536 g/mol. The fraction of sp³-hybridized carbons (Fsp3) is 0.190. The van der Waals surface area contributed by atoms with Crippen molar-refractivity contribution in [3.05, 3.63) is 120 Å². The van der Waals surface area contributed by atoms with Crippen LogP contribution in [0.15, 0.2) is 118 Å². The molecule has 0 aliphatic rings. The molecule has 0 aliphatic carbocycles. The molecule has 6 aromatic carbocycles. The molecule has 2 nitrogen and oxygen atoms in total. The molecule has 2 aromatic heterocycles. The van der Waals surface area contributed by atoms with Gasteiger partial charge in [-0.2, -0.15) is 0 Å². The lowest BCUT2D eigenvalue weighted by Gasteiger charge is -2.28. The van der Waals surface area contributed by atoms with E-state index in [0.29, 0.717) is 0 Å². The van der Waals surface area contributed by atoms with Crippen LogP contribution >= 0.6 is 0 Å². The second-order valence-corrected chi connectivity index (χ2v) is 14.2. The van der Waals surface area contributed by atoms with Gasteiger partial charge in [0.2, 0.25) is 0 Å². The zero-order chi connectivity index (χ0) is 30.4. The first-order chi connectivity index (χ1) is 21.1. The molecule has 0 amide bonds. The number of fused-ring (bicyclic) bond motifs is 7. The van der Waals surface area contributed by atoms with E-state index in [0.717, 1.165) is 55.0 Å². The number of hydrogen-bond acceptors (Lipinski definition) is 2. The Morgan fingerprint density at radius 3 is 1.55 bits per heavy atom. The van der Waals surface area contributed by atoms with E-state index in [2.05, 4.69) is 139 Å². The van der Waals surface area contributed by atoms with Crippen molar-refractivity contribution in [1.29, 1.82) is 0 Å². The topological polar surface area (TPSA) is 26.3 Å². The Kier molecular flexibility index (Phi) is 5.68.